The summed E-state index contributed by atoms with van der Waals surface area (Å²) in [5, 5.41) is 5.72. The quantitative estimate of drug-likeness (QED) is 0.817. The van der Waals surface area contributed by atoms with E-state index in [1.807, 2.05) is 32.8 Å². The van der Waals surface area contributed by atoms with E-state index in [0.717, 1.165) is 6.20 Å². The van der Waals surface area contributed by atoms with Gasteiger partial charge in [0.05, 0.1) is 11.8 Å². The van der Waals surface area contributed by atoms with Crippen LogP contribution in [0.5, 0.6) is 0 Å². The molecule has 1 unspecified atom stereocenters. The first-order chi connectivity index (χ1) is 8.95. The predicted molar refractivity (Wildman–Crippen MR) is 73.8 cm³/mol. The van der Waals surface area contributed by atoms with E-state index in [1.54, 1.807) is 0 Å². The van der Waals surface area contributed by atoms with Gasteiger partial charge in [0.25, 0.3) is 5.91 Å². The third kappa shape index (κ3) is 4.48. The molecule has 1 aromatic rings. The predicted octanol–water partition coefficient (Wildman–Crippen LogP) is 1.33. The number of aromatic nitrogens is 1. The second-order valence-corrected chi connectivity index (χ2v) is 4.60. The monoisotopic (exact) mass is 268 g/mol. The summed E-state index contributed by atoms with van der Waals surface area (Å²) in [6, 6.07) is 1.40. The first kappa shape index (κ1) is 15.4. The molecule has 1 rings (SSSR count). The first-order valence-corrected chi connectivity index (χ1v) is 6.29. The Hall–Kier alpha value is -1.69. The van der Waals surface area contributed by atoms with Crippen molar-refractivity contribution in [2.75, 3.05) is 32.5 Å². The third-order valence-corrected chi connectivity index (χ3v) is 2.88. The van der Waals surface area contributed by atoms with Gasteiger partial charge in [-0.3, -0.25) is 4.79 Å². The van der Waals surface area contributed by atoms with Gasteiger partial charge in [-0.25, -0.2) is 9.37 Å². The number of halogens is 1. The second-order valence-electron chi connectivity index (χ2n) is 4.60. The van der Waals surface area contributed by atoms with E-state index in [2.05, 4.69) is 15.6 Å². The zero-order valence-corrected chi connectivity index (χ0v) is 11.8. The van der Waals surface area contributed by atoms with Crippen molar-refractivity contribution in [3.05, 3.63) is 23.6 Å². The largest absolute Gasteiger partial charge is 0.370 e. The number of anilines is 1. The number of nitrogens with one attached hydrogen (secondary N) is 2. The third-order valence-electron chi connectivity index (χ3n) is 2.88. The van der Waals surface area contributed by atoms with Crippen LogP contribution in [0.25, 0.3) is 0 Å². The molecule has 19 heavy (non-hydrogen) atoms. The number of amides is 1. The molecular weight excluding hydrogens is 247 g/mol. The molecular formula is C13H21FN4O. The van der Waals surface area contributed by atoms with Gasteiger partial charge in [0.1, 0.15) is 11.6 Å². The Kier molecular flexibility index (Phi) is 5.69. The second kappa shape index (κ2) is 7.04. The minimum atomic E-state index is -0.521. The van der Waals surface area contributed by atoms with Crippen LogP contribution in [0.4, 0.5) is 10.2 Å². The van der Waals surface area contributed by atoms with E-state index in [0.29, 0.717) is 18.9 Å². The van der Waals surface area contributed by atoms with Gasteiger partial charge in [-0.05, 0) is 34.0 Å². The number of nitrogens with zero attached hydrogens (tertiary/aromatic N) is 2. The highest BCUT2D eigenvalue weighted by Crippen LogP contribution is 2.13. The molecule has 6 heteroatoms. The van der Waals surface area contributed by atoms with Crippen LogP contribution in [0.1, 0.15) is 24.2 Å². The SMILES string of the molecule is CCNc1ncc(F)cc1C(=O)NCC(C)N(C)C. The zero-order chi connectivity index (χ0) is 14.4. The fourth-order valence-electron chi connectivity index (χ4n) is 1.44. The molecule has 0 saturated heterocycles. The van der Waals surface area contributed by atoms with E-state index >= 15 is 0 Å². The lowest BCUT2D eigenvalue weighted by atomic mass is 10.2. The number of hydrogen-bond donors (Lipinski definition) is 2. The summed E-state index contributed by atoms with van der Waals surface area (Å²) < 4.78 is 13.2. The summed E-state index contributed by atoms with van der Waals surface area (Å²) in [6.45, 7) is 5.00. The Morgan fingerprint density at radius 1 is 1.53 bits per heavy atom. The molecule has 1 atom stereocenters. The van der Waals surface area contributed by atoms with Crippen LogP contribution in [0.15, 0.2) is 12.3 Å². The summed E-state index contributed by atoms with van der Waals surface area (Å²) in [5.41, 5.74) is 0.229. The average Bonchev–Trinajstić information content (AvgIpc) is 2.37. The molecule has 0 aliphatic carbocycles. The molecule has 5 nitrogen and oxygen atoms in total. The van der Waals surface area contributed by atoms with Crippen LogP contribution < -0.4 is 10.6 Å². The Balaban J connectivity index is 2.77. The maximum Gasteiger partial charge on any atom is 0.255 e. The molecule has 0 saturated carbocycles. The Morgan fingerprint density at radius 2 is 2.21 bits per heavy atom. The Bertz CT molecular complexity index is 437. The van der Waals surface area contributed by atoms with Crippen LogP contribution in [-0.4, -0.2) is 49.0 Å². The van der Waals surface area contributed by atoms with Crippen LogP contribution in [-0.2, 0) is 0 Å². The lowest BCUT2D eigenvalue weighted by Crippen LogP contribution is -2.38. The molecule has 1 amide bonds. The van der Waals surface area contributed by atoms with Crippen molar-refractivity contribution < 1.29 is 9.18 Å². The standard InChI is InChI=1S/C13H21FN4O/c1-5-15-12-11(6-10(14)8-16-12)13(19)17-7-9(2)18(3)4/h6,8-9H,5,7H2,1-4H3,(H,15,16)(H,17,19). The summed E-state index contributed by atoms with van der Waals surface area (Å²) in [7, 11) is 3.87. The molecule has 2 N–H and O–H groups in total. The summed E-state index contributed by atoms with van der Waals surface area (Å²) in [5.74, 6) is -0.442. The molecule has 0 aliphatic heterocycles. The highest BCUT2D eigenvalue weighted by molar-refractivity contribution is 5.98. The van der Waals surface area contributed by atoms with Crippen molar-refractivity contribution in [1.82, 2.24) is 15.2 Å². The number of pyridine rings is 1. The van der Waals surface area contributed by atoms with Gasteiger partial charge in [0.15, 0.2) is 0 Å². The van der Waals surface area contributed by atoms with Gasteiger partial charge >= 0.3 is 0 Å². The van der Waals surface area contributed by atoms with E-state index < -0.39 is 5.82 Å². The fraction of sp³-hybridized carbons (Fsp3) is 0.538. The van der Waals surface area contributed by atoms with Gasteiger partial charge in [0, 0.05) is 19.1 Å². The maximum absolute atomic E-state index is 13.2. The Morgan fingerprint density at radius 3 is 2.79 bits per heavy atom. The average molecular weight is 268 g/mol. The van der Waals surface area contributed by atoms with Gasteiger partial charge in [-0.15, -0.1) is 0 Å². The zero-order valence-electron chi connectivity index (χ0n) is 11.8. The number of likely N-dealkylation sites (N-methyl/N-ethyl adjacent to an activating group) is 1. The summed E-state index contributed by atoms with van der Waals surface area (Å²) in [4.78, 5) is 17.9. The molecule has 0 fully saturated rings. The molecule has 1 aromatic heterocycles. The van der Waals surface area contributed by atoms with Crippen molar-refractivity contribution in [3.63, 3.8) is 0 Å². The Labute approximate surface area is 113 Å². The van der Waals surface area contributed by atoms with Crippen molar-refractivity contribution in [3.8, 4) is 0 Å². The van der Waals surface area contributed by atoms with E-state index in [9.17, 15) is 9.18 Å². The lowest BCUT2D eigenvalue weighted by molar-refractivity contribution is 0.0943. The minimum Gasteiger partial charge on any atom is -0.370 e. The van der Waals surface area contributed by atoms with Gasteiger partial charge in [-0.1, -0.05) is 0 Å². The molecule has 0 radical (unpaired) electrons. The topological polar surface area (TPSA) is 57.3 Å². The minimum absolute atomic E-state index is 0.202. The van der Waals surface area contributed by atoms with E-state index in [-0.39, 0.29) is 17.5 Å². The molecule has 106 valence electrons. The van der Waals surface area contributed by atoms with Crippen molar-refractivity contribution >= 4 is 11.7 Å². The number of carbonyl (C=O) groups excluding carboxylic acids is 1. The number of carbonyl (C=O) groups is 1. The number of hydrogen-bond acceptors (Lipinski definition) is 4. The fourth-order valence-corrected chi connectivity index (χ4v) is 1.44. The summed E-state index contributed by atoms with van der Waals surface area (Å²) >= 11 is 0. The smallest absolute Gasteiger partial charge is 0.255 e. The van der Waals surface area contributed by atoms with Crippen molar-refractivity contribution in [2.24, 2.45) is 0 Å². The molecule has 0 spiro atoms. The van der Waals surface area contributed by atoms with Crippen LogP contribution in [0, 0.1) is 5.82 Å². The van der Waals surface area contributed by atoms with Gasteiger partial charge < -0.3 is 15.5 Å². The molecule has 1 heterocycles. The molecule has 0 aliphatic rings. The van der Waals surface area contributed by atoms with Gasteiger partial charge in [0.2, 0.25) is 0 Å². The molecule has 0 aromatic carbocycles. The first-order valence-electron chi connectivity index (χ1n) is 6.29. The lowest BCUT2D eigenvalue weighted by Gasteiger charge is -2.20. The molecule has 0 bridgehead atoms. The summed E-state index contributed by atoms with van der Waals surface area (Å²) in [6.07, 6.45) is 1.09. The maximum atomic E-state index is 13.2. The van der Waals surface area contributed by atoms with Crippen molar-refractivity contribution in [2.45, 2.75) is 19.9 Å². The van der Waals surface area contributed by atoms with Gasteiger partial charge in [-0.2, -0.15) is 0 Å². The van der Waals surface area contributed by atoms with Crippen molar-refractivity contribution in [1.29, 1.82) is 0 Å². The number of rotatable bonds is 6. The normalized spacial score (nSPS) is 12.3. The highest BCUT2D eigenvalue weighted by Gasteiger charge is 2.15. The van der Waals surface area contributed by atoms with E-state index in [1.165, 1.54) is 6.07 Å². The van der Waals surface area contributed by atoms with E-state index in [4.69, 9.17) is 0 Å². The van der Waals surface area contributed by atoms with Crippen LogP contribution in [0.3, 0.4) is 0 Å². The van der Waals surface area contributed by atoms with Crippen LogP contribution >= 0.6 is 0 Å². The van der Waals surface area contributed by atoms with Crippen LogP contribution in [0.2, 0.25) is 0 Å². The highest BCUT2D eigenvalue weighted by atomic mass is 19.1.